The molecule has 0 aliphatic carbocycles. The Morgan fingerprint density at radius 2 is 1.90 bits per heavy atom. The Bertz CT molecular complexity index is 206. The maximum atomic E-state index is 5.49. The van der Waals surface area contributed by atoms with Gasteiger partial charge in [-0.2, -0.15) is 11.1 Å². The molecule has 1 aromatic carbocycles. The molecule has 2 radical (unpaired) electrons. The molecule has 0 heterocycles. The van der Waals surface area contributed by atoms with Gasteiger partial charge in [0.25, 0.3) is 0 Å². The van der Waals surface area contributed by atoms with Crippen molar-refractivity contribution >= 4 is 26.0 Å². The summed E-state index contributed by atoms with van der Waals surface area (Å²) in [7, 11) is 0.375. The maximum Gasteiger partial charge on any atom is 0.202 e. The fraction of sp³-hybridized carbons (Fsp3) is 0. The molecule has 2 heteroatoms. The van der Waals surface area contributed by atoms with Gasteiger partial charge < -0.3 is 0 Å². The van der Waals surface area contributed by atoms with Crippen LogP contribution in [0.1, 0.15) is 5.56 Å². The van der Waals surface area contributed by atoms with E-state index in [9.17, 15) is 0 Å². The molecule has 50 valence electrons. The molecular weight excluding hydrogens is 160 g/mol. The zero-order valence-electron chi connectivity index (χ0n) is 5.42. The van der Waals surface area contributed by atoms with Crippen LogP contribution in [0.25, 0.3) is 6.08 Å². The van der Waals surface area contributed by atoms with Crippen LogP contribution in [0.3, 0.4) is 0 Å². The normalized spacial score (nSPS) is 10.5. The first kappa shape index (κ1) is 7.57. The van der Waals surface area contributed by atoms with Crippen molar-refractivity contribution in [3.63, 3.8) is 0 Å². The molecule has 10 heavy (non-hydrogen) atoms. The zero-order chi connectivity index (χ0) is 7.23. The van der Waals surface area contributed by atoms with Crippen molar-refractivity contribution in [2.24, 2.45) is 0 Å². The summed E-state index contributed by atoms with van der Waals surface area (Å²) in [6.45, 7) is 0. The molecule has 0 atom stereocenters. The van der Waals surface area contributed by atoms with Crippen molar-refractivity contribution in [1.82, 2.24) is 0 Å². The highest BCUT2D eigenvalue weighted by Gasteiger charge is 1.80. The molecular formula is C8H7ClSi. The number of hydrogen-bond acceptors (Lipinski definition) is 0. The van der Waals surface area contributed by atoms with Crippen molar-refractivity contribution in [3.8, 4) is 0 Å². The summed E-state index contributed by atoms with van der Waals surface area (Å²) in [6.07, 6.45) is 2.02. The van der Waals surface area contributed by atoms with Crippen LogP contribution in [-0.4, -0.2) is 8.83 Å². The largest absolute Gasteiger partial charge is 0.202 e. The molecule has 0 nitrogen and oxygen atoms in total. The van der Waals surface area contributed by atoms with Crippen LogP contribution in [0.4, 0.5) is 0 Å². The lowest BCUT2D eigenvalue weighted by molar-refractivity contribution is 1.66. The third-order valence-corrected chi connectivity index (χ3v) is 1.81. The van der Waals surface area contributed by atoms with Gasteiger partial charge in [0.1, 0.15) is 0 Å². The Morgan fingerprint density at radius 3 is 2.50 bits per heavy atom. The standard InChI is InChI=1S/C8H7ClSi/c9-10-7-6-8-4-2-1-3-5-8/h1-7H. The average molecular weight is 167 g/mol. The number of rotatable bonds is 2. The van der Waals surface area contributed by atoms with E-state index in [1.54, 1.807) is 0 Å². The first-order valence-corrected chi connectivity index (χ1v) is 5.10. The van der Waals surface area contributed by atoms with E-state index in [2.05, 4.69) is 0 Å². The monoisotopic (exact) mass is 166 g/mol. The topological polar surface area (TPSA) is 0 Å². The van der Waals surface area contributed by atoms with Crippen LogP contribution < -0.4 is 0 Å². The second-order valence-corrected chi connectivity index (χ2v) is 3.06. The number of hydrogen-bond donors (Lipinski definition) is 0. The minimum Gasteiger partial charge on any atom is -0.165 e. The molecule has 0 bridgehead atoms. The van der Waals surface area contributed by atoms with E-state index < -0.39 is 0 Å². The maximum absolute atomic E-state index is 5.49. The van der Waals surface area contributed by atoms with Gasteiger partial charge in [-0.1, -0.05) is 42.1 Å². The van der Waals surface area contributed by atoms with Crippen molar-refractivity contribution in [2.75, 3.05) is 0 Å². The third kappa shape index (κ3) is 2.37. The minimum atomic E-state index is 0.375. The SMILES string of the molecule is Cl[Si]C=Cc1ccccc1. The van der Waals surface area contributed by atoms with E-state index in [4.69, 9.17) is 11.1 Å². The van der Waals surface area contributed by atoms with Gasteiger partial charge in [-0.15, -0.1) is 0 Å². The molecule has 0 amide bonds. The van der Waals surface area contributed by atoms with Crippen LogP contribution >= 0.6 is 11.1 Å². The summed E-state index contributed by atoms with van der Waals surface area (Å²) < 4.78 is 0. The van der Waals surface area contributed by atoms with Gasteiger partial charge in [0.15, 0.2) is 0 Å². The molecule has 0 N–H and O–H groups in total. The quantitative estimate of drug-likeness (QED) is 0.468. The molecule has 0 fully saturated rings. The lowest BCUT2D eigenvalue weighted by Gasteiger charge is -1.87. The zero-order valence-corrected chi connectivity index (χ0v) is 7.18. The summed E-state index contributed by atoms with van der Waals surface area (Å²) in [6, 6.07) is 10.1. The second-order valence-electron chi connectivity index (χ2n) is 1.85. The summed E-state index contributed by atoms with van der Waals surface area (Å²) >= 11 is 5.49. The van der Waals surface area contributed by atoms with Crippen molar-refractivity contribution in [2.45, 2.75) is 0 Å². The molecule has 0 aliphatic heterocycles. The van der Waals surface area contributed by atoms with Gasteiger partial charge in [-0.25, -0.2) is 0 Å². The van der Waals surface area contributed by atoms with E-state index in [0.29, 0.717) is 8.83 Å². The Hall–Kier alpha value is -0.533. The Kier molecular flexibility index (Phi) is 3.26. The van der Waals surface area contributed by atoms with Crippen LogP contribution in [0.2, 0.25) is 0 Å². The predicted octanol–water partition coefficient (Wildman–Crippen LogP) is 2.52. The molecule has 0 aromatic heterocycles. The number of halogens is 1. The number of benzene rings is 1. The van der Waals surface area contributed by atoms with Gasteiger partial charge in [-0.05, 0) is 5.56 Å². The Labute approximate surface area is 68.1 Å². The lowest BCUT2D eigenvalue weighted by Crippen LogP contribution is -1.70. The first-order valence-electron chi connectivity index (χ1n) is 3.01. The van der Waals surface area contributed by atoms with E-state index in [0.717, 1.165) is 0 Å². The van der Waals surface area contributed by atoms with Gasteiger partial charge in [0.05, 0.1) is 0 Å². The molecule has 1 aromatic rings. The second kappa shape index (κ2) is 4.31. The molecule has 1 rings (SSSR count). The van der Waals surface area contributed by atoms with Crippen LogP contribution in [0.15, 0.2) is 36.0 Å². The molecule has 0 unspecified atom stereocenters. The third-order valence-electron chi connectivity index (χ3n) is 1.14. The van der Waals surface area contributed by atoms with Gasteiger partial charge >= 0.3 is 0 Å². The van der Waals surface area contributed by atoms with E-state index in [1.807, 2.05) is 42.1 Å². The van der Waals surface area contributed by atoms with Crippen LogP contribution in [0.5, 0.6) is 0 Å². The Morgan fingerprint density at radius 1 is 1.20 bits per heavy atom. The van der Waals surface area contributed by atoms with Crippen molar-refractivity contribution in [1.29, 1.82) is 0 Å². The van der Waals surface area contributed by atoms with Gasteiger partial charge in [0, 0.05) is 0 Å². The molecule has 0 spiro atoms. The minimum absolute atomic E-state index is 0.375. The lowest BCUT2D eigenvalue weighted by atomic mass is 10.2. The summed E-state index contributed by atoms with van der Waals surface area (Å²) in [5, 5.41) is 0. The molecule has 0 aliphatic rings. The van der Waals surface area contributed by atoms with E-state index in [-0.39, 0.29) is 0 Å². The smallest absolute Gasteiger partial charge is 0.165 e. The summed E-state index contributed by atoms with van der Waals surface area (Å²) in [5.41, 5.74) is 3.16. The van der Waals surface area contributed by atoms with Crippen molar-refractivity contribution in [3.05, 3.63) is 41.6 Å². The average Bonchev–Trinajstić information content (AvgIpc) is 2.03. The first-order chi connectivity index (χ1) is 4.93. The highest BCUT2D eigenvalue weighted by atomic mass is 35.6. The van der Waals surface area contributed by atoms with E-state index >= 15 is 0 Å². The van der Waals surface area contributed by atoms with Gasteiger partial charge in [-0.3, -0.25) is 0 Å². The summed E-state index contributed by atoms with van der Waals surface area (Å²) in [4.78, 5) is 0. The fourth-order valence-corrected chi connectivity index (χ4v) is 1.14. The van der Waals surface area contributed by atoms with Crippen LogP contribution in [0, 0.1) is 0 Å². The van der Waals surface area contributed by atoms with Crippen LogP contribution in [-0.2, 0) is 0 Å². The predicted molar refractivity (Wildman–Crippen MR) is 47.1 cm³/mol. The fourth-order valence-electron chi connectivity index (χ4n) is 0.692. The highest BCUT2D eigenvalue weighted by molar-refractivity contribution is 6.96. The van der Waals surface area contributed by atoms with E-state index in [1.165, 1.54) is 5.56 Å². The van der Waals surface area contributed by atoms with Crippen molar-refractivity contribution < 1.29 is 0 Å². The Balaban J connectivity index is 2.67. The van der Waals surface area contributed by atoms with Gasteiger partial charge in [0.2, 0.25) is 8.83 Å². The molecule has 0 saturated heterocycles. The summed E-state index contributed by atoms with van der Waals surface area (Å²) in [5.74, 6) is 0. The highest BCUT2D eigenvalue weighted by Crippen LogP contribution is 1.99. The molecule has 0 saturated carbocycles.